The first-order chi connectivity index (χ1) is 12.1. The van der Waals surface area contributed by atoms with E-state index in [1.54, 1.807) is 0 Å². The highest BCUT2D eigenvalue weighted by Gasteiger charge is 2.33. The van der Waals surface area contributed by atoms with Crippen LogP contribution in [0, 0.1) is 0 Å². The first kappa shape index (κ1) is 16.3. The van der Waals surface area contributed by atoms with E-state index in [-0.39, 0.29) is 5.91 Å². The van der Waals surface area contributed by atoms with Gasteiger partial charge in [-0.1, -0.05) is 0 Å². The summed E-state index contributed by atoms with van der Waals surface area (Å²) in [6.45, 7) is 2.64. The number of hydrogen-bond acceptors (Lipinski definition) is 4. The number of rotatable bonds is 4. The molecule has 2 fully saturated rings. The van der Waals surface area contributed by atoms with Crippen molar-refractivity contribution in [3.05, 3.63) is 23.0 Å². The standard InChI is InChI=1S/C17H22N6OS/c1-3-18-17(25)21-20-16(24)11-8-12(9-4-5-9)19-15-13(11)14(10-6-7-10)22-23(15)2/h8-10H,3-7H2,1-2H3,(H,20,24)(H2,18,21,25). The molecule has 0 atom stereocenters. The second kappa shape index (κ2) is 6.25. The van der Waals surface area contributed by atoms with Crippen LogP contribution in [0.3, 0.4) is 0 Å². The van der Waals surface area contributed by atoms with Gasteiger partial charge in [-0.15, -0.1) is 0 Å². The lowest BCUT2D eigenvalue weighted by Crippen LogP contribution is -2.46. The van der Waals surface area contributed by atoms with Crippen molar-refractivity contribution in [2.24, 2.45) is 7.05 Å². The van der Waals surface area contributed by atoms with Gasteiger partial charge in [0, 0.05) is 31.1 Å². The molecule has 0 bridgehead atoms. The molecule has 4 rings (SSSR count). The number of hydrogen-bond donors (Lipinski definition) is 3. The molecule has 7 nitrogen and oxygen atoms in total. The third kappa shape index (κ3) is 3.18. The molecule has 0 aromatic carbocycles. The molecule has 2 aromatic heterocycles. The molecule has 8 heteroatoms. The number of amides is 1. The normalized spacial score (nSPS) is 16.7. The van der Waals surface area contributed by atoms with E-state index in [0.717, 1.165) is 48.1 Å². The molecule has 25 heavy (non-hydrogen) atoms. The van der Waals surface area contributed by atoms with Crippen LogP contribution in [0.5, 0.6) is 0 Å². The van der Waals surface area contributed by atoms with Crippen molar-refractivity contribution in [1.29, 1.82) is 0 Å². The average Bonchev–Trinajstić information content (AvgIpc) is 3.50. The Morgan fingerprint density at radius 2 is 2.00 bits per heavy atom. The molecule has 0 spiro atoms. The van der Waals surface area contributed by atoms with Gasteiger partial charge in [-0.2, -0.15) is 5.10 Å². The second-order valence-corrected chi connectivity index (χ2v) is 7.20. The van der Waals surface area contributed by atoms with E-state index >= 15 is 0 Å². The van der Waals surface area contributed by atoms with Crippen LogP contribution in [-0.4, -0.2) is 32.3 Å². The highest BCUT2D eigenvalue weighted by Crippen LogP contribution is 2.45. The van der Waals surface area contributed by atoms with Crippen LogP contribution in [0.4, 0.5) is 0 Å². The van der Waals surface area contributed by atoms with E-state index in [2.05, 4.69) is 21.3 Å². The van der Waals surface area contributed by atoms with Crippen LogP contribution in [-0.2, 0) is 7.05 Å². The van der Waals surface area contributed by atoms with Crippen molar-refractivity contribution in [3.63, 3.8) is 0 Å². The SMILES string of the molecule is CCNC(=S)NNC(=O)c1cc(C2CC2)nc2c1c(C1CC1)nn2C. The molecule has 0 unspecified atom stereocenters. The Balaban J connectivity index is 1.72. The summed E-state index contributed by atoms with van der Waals surface area (Å²) in [5.41, 5.74) is 8.86. The fourth-order valence-electron chi connectivity index (χ4n) is 3.09. The minimum absolute atomic E-state index is 0.204. The Kier molecular flexibility index (Phi) is 4.07. The molecule has 1 amide bonds. The Morgan fingerprint density at radius 3 is 2.64 bits per heavy atom. The Labute approximate surface area is 151 Å². The molecule has 2 aliphatic rings. The second-order valence-electron chi connectivity index (χ2n) is 6.79. The van der Waals surface area contributed by atoms with Gasteiger partial charge in [-0.25, -0.2) is 4.98 Å². The zero-order chi connectivity index (χ0) is 17.6. The number of nitrogens with zero attached hydrogens (tertiary/aromatic N) is 3. The summed E-state index contributed by atoms with van der Waals surface area (Å²) in [6.07, 6.45) is 4.52. The van der Waals surface area contributed by atoms with Gasteiger partial charge in [0.15, 0.2) is 10.8 Å². The lowest BCUT2D eigenvalue weighted by atomic mass is 10.1. The average molecular weight is 358 g/mol. The topological polar surface area (TPSA) is 83.9 Å². The molecule has 132 valence electrons. The summed E-state index contributed by atoms with van der Waals surface area (Å²) in [7, 11) is 1.90. The van der Waals surface area contributed by atoms with E-state index in [9.17, 15) is 4.79 Å². The third-order valence-electron chi connectivity index (χ3n) is 4.67. The van der Waals surface area contributed by atoms with E-state index in [4.69, 9.17) is 17.2 Å². The number of hydrazine groups is 1. The van der Waals surface area contributed by atoms with Gasteiger partial charge >= 0.3 is 0 Å². The Morgan fingerprint density at radius 1 is 1.28 bits per heavy atom. The van der Waals surface area contributed by atoms with Crippen molar-refractivity contribution in [3.8, 4) is 0 Å². The Bertz CT molecular complexity index is 852. The van der Waals surface area contributed by atoms with Gasteiger partial charge in [0.25, 0.3) is 5.91 Å². The van der Waals surface area contributed by atoms with Crippen LogP contribution >= 0.6 is 12.2 Å². The number of carbonyl (C=O) groups excluding carboxylic acids is 1. The predicted octanol–water partition coefficient (Wildman–Crippen LogP) is 1.85. The largest absolute Gasteiger partial charge is 0.362 e. The number of aromatic nitrogens is 3. The lowest BCUT2D eigenvalue weighted by Gasteiger charge is -2.12. The van der Waals surface area contributed by atoms with Crippen LogP contribution in [0.1, 0.15) is 66.2 Å². The maximum atomic E-state index is 12.8. The molecule has 2 heterocycles. The Hall–Kier alpha value is -2.22. The van der Waals surface area contributed by atoms with Crippen LogP contribution in [0.15, 0.2) is 6.07 Å². The van der Waals surface area contributed by atoms with E-state index < -0.39 is 0 Å². The number of aryl methyl sites for hydroxylation is 1. The molecule has 0 saturated heterocycles. The number of fused-ring (bicyclic) bond motifs is 1. The number of thiocarbonyl (C=S) groups is 1. The third-order valence-corrected chi connectivity index (χ3v) is 4.92. The van der Waals surface area contributed by atoms with E-state index in [1.165, 1.54) is 0 Å². The molecule has 2 aromatic rings. The van der Waals surface area contributed by atoms with E-state index in [1.807, 2.05) is 24.7 Å². The van der Waals surface area contributed by atoms with Gasteiger partial charge < -0.3 is 5.32 Å². The van der Waals surface area contributed by atoms with Gasteiger partial charge in [-0.05, 0) is 50.9 Å². The summed E-state index contributed by atoms with van der Waals surface area (Å²) in [5.74, 6) is 0.704. The van der Waals surface area contributed by atoms with Crippen molar-refractivity contribution in [2.45, 2.75) is 44.4 Å². The highest BCUT2D eigenvalue weighted by molar-refractivity contribution is 7.80. The monoisotopic (exact) mass is 358 g/mol. The number of carbonyl (C=O) groups is 1. The summed E-state index contributed by atoms with van der Waals surface area (Å²) in [4.78, 5) is 17.6. The van der Waals surface area contributed by atoms with Crippen molar-refractivity contribution >= 4 is 34.3 Å². The van der Waals surface area contributed by atoms with Gasteiger partial charge in [-0.3, -0.25) is 20.3 Å². The molecular weight excluding hydrogens is 336 g/mol. The molecular formula is C17H22N6OS. The van der Waals surface area contributed by atoms with Crippen molar-refractivity contribution in [2.75, 3.05) is 6.54 Å². The summed E-state index contributed by atoms with van der Waals surface area (Å²) in [6, 6.07) is 1.93. The molecule has 2 aliphatic carbocycles. The highest BCUT2D eigenvalue weighted by atomic mass is 32.1. The van der Waals surface area contributed by atoms with Crippen molar-refractivity contribution < 1.29 is 4.79 Å². The van der Waals surface area contributed by atoms with Gasteiger partial charge in [0.05, 0.1) is 16.6 Å². The van der Waals surface area contributed by atoms with Crippen LogP contribution < -0.4 is 16.2 Å². The first-order valence-corrected chi connectivity index (χ1v) is 9.21. The summed E-state index contributed by atoms with van der Waals surface area (Å²) >= 11 is 5.11. The minimum atomic E-state index is -0.204. The quantitative estimate of drug-likeness (QED) is 0.571. The van der Waals surface area contributed by atoms with Gasteiger partial charge in [0.1, 0.15) is 0 Å². The lowest BCUT2D eigenvalue weighted by molar-refractivity contribution is 0.0945. The molecule has 3 N–H and O–H groups in total. The maximum absolute atomic E-state index is 12.8. The number of nitrogens with one attached hydrogen (secondary N) is 3. The molecule has 0 radical (unpaired) electrons. The zero-order valence-electron chi connectivity index (χ0n) is 14.4. The predicted molar refractivity (Wildman–Crippen MR) is 99.3 cm³/mol. The maximum Gasteiger partial charge on any atom is 0.270 e. The molecule has 0 aliphatic heterocycles. The van der Waals surface area contributed by atoms with Crippen LogP contribution in [0.25, 0.3) is 11.0 Å². The van der Waals surface area contributed by atoms with Crippen LogP contribution in [0.2, 0.25) is 0 Å². The number of pyridine rings is 1. The first-order valence-electron chi connectivity index (χ1n) is 8.80. The van der Waals surface area contributed by atoms with Crippen molar-refractivity contribution in [1.82, 2.24) is 30.9 Å². The smallest absolute Gasteiger partial charge is 0.270 e. The van der Waals surface area contributed by atoms with Gasteiger partial charge in [0.2, 0.25) is 0 Å². The molecule has 2 saturated carbocycles. The zero-order valence-corrected chi connectivity index (χ0v) is 15.2. The minimum Gasteiger partial charge on any atom is -0.362 e. The fourth-order valence-corrected chi connectivity index (χ4v) is 3.29. The summed E-state index contributed by atoms with van der Waals surface area (Å²) in [5, 5.41) is 8.88. The fraction of sp³-hybridized carbons (Fsp3) is 0.529. The van der Waals surface area contributed by atoms with E-state index in [0.29, 0.717) is 29.1 Å². The summed E-state index contributed by atoms with van der Waals surface area (Å²) < 4.78 is 1.81.